The molecule has 1 fully saturated rings. The standard InChI is InChI=1S/C12H16N2O5/c15-8-9-7-14(3-5-18-9)11(16)6-13-12(17)10-2-1-4-19-10/h1-2,4,9,15H,3,5-8H2,(H,13,17). The molecule has 0 spiro atoms. The van der Waals surface area contributed by atoms with Gasteiger partial charge >= 0.3 is 0 Å². The molecule has 7 nitrogen and oxygen atoms in total. The van der Waals surface area contributed by atoms with Crippen LogP contribution < -0.4 is 5.32 Å². The number of aliphatic hydroxyl groups is 1. The normalized spacial score (nSPS) is 19.2. The molecule has 1 aliphatic rings. The number of furan rings is 1. The number of nitrogens with one attached hydrogen (secondary N) is 1. The number of carbonyl (C=O) groups excluding carboxylic acids is 2. The maximum atomic E-state index is 11.9. The summed E-state index contributed by atoms with van der Waals surface area (Å²) in [6.45, 7) is 0.973. The molecule has 0 aromatic carbocycles. The Hall–Kier alpha value is -1.86. The summed E-state index contributed by atoms with van der Waals surface area (Å²) >= 11 is 0. The second-order valence-corrected chi connectivity index (χ2v) is 4.18. The molecule has 1 unspecified atom stereocenters. The highest BCUT2D eigenvalue weighted by Crippen LogP contribution is 2.05. The minimum absolute atomic E-state index is 0.0995. The van der Waals surface area contributed by atoms with Crippen LogP contribution >= 0.6 is 0 Å². The van der Waals surface area contributed by atoms with Gasteiger partial charge in [0.15, 0.2) is 5.76 Å². The number of rotatable bonds is 4. The number of hydrogen-bond acceptors (Lipinski definition) is 5. The highest BCUT2D eigenvalue weighted by molar-refractivity contribution is 5.94. The molecular weight excluding hydrogens is 252 g/mol. The Morgan fingerprint density at radius 2 is 2.37 bits per heavy atom. The number of ether oxygens (including phenoxy) is 1. The molecule has 0 radical (unpaired) electrons. The van der Waals surface area contributed by atoms with Gasteiger partial charge in [0, 0.05) is 13.1 Å². The van der Waals surface area contributed by atoms with E-state index in [1.54, 1.807) is 11.0 Å². The van der Waals surface area contributed by atoms with Crippen LogP contribution in [0, 0.1) is 0 Å². The van der Waals surface area contributed by atoms with Crippen molar-refractivity contribution >= 4 is 11.8 Å². The topological polar surface area (TPSA) is 92.0 Å². The average Bonchev–Trinajstić information content (AvgIpc) is 2.98. The Bertz CT molecular complexity index is 431. The van der Waals surface area contributed by atoms with E-state index < -0.39 is 5.91 Å². The number of aliphatic hydroxyl groups excluding tert-OH is 1. The van der Waals surface area contributed by atoms with Gasteiger partial charge < -0.3 is 24.5 Å². The number of hydrogen-bond donors (Lipinski definition) is 2. The monoisotopic (exact) mass is 268 g/mol. The summed E-state index contributed by atoms with van der Waals surface area (Å²) in [4.78, 5) is 25.0. The minimum Gasteiger partial charge on any atom is -0.459 e. The Morgan fingerprint density at radius 1 is 1.53 bits per heavy atom. The van der Waals surface area contributed by atoms with Gasteiger partial charge in [-0.25, -0.2) is 0 Å². The van der Waals surface area contributed by atoms with E-state index >= 15 is 0 Å². The summed E-state index contributed by atoms with van der Waals surface area (Å²) in [5.74, 6) is -0.463. The van der Waals surface area contributed by atoms with E-state index in [-0.39, 0.29) is 30.9 Å². The molecule has 1 aliphatic heterocycles. The fraction of sp³-hybridized carbons (Fsp3) is 0.500. The summed E-state index contributed by atoms with van der Waals surface area (Å²) in [6, 6.07) is 3.13. The van der Waals surface area contributed by atoms with Crippen molar-refractivity contribution in [2.24, 2.45) is 0 Å². The predicted octanol–water partition coefficient (Wildman–Crippen LogP) is -0.771. The van der Waals surface area contributed by atoms with Crippen LogP contribution in [0.15, 0.2) is 22.8 Å². The molecule has 1 aromatic heterocycles. The number of carbonyl (C=O) groups is 2. The van der Waals surface area contributed by atoms with Crippen LogP contribution in [0.3, 0.4) is 0 Å². The SMILES string of the molecule is O=C(NCC(=O)N1CCOC(CO)C1)c1ccco1. The third-order valence-electron chi connectivity index (χ3n) is 2.84. The van der Waals surface area contributed by atoms with E-state index in [0.717, 1.165) is 0 Å². The third-order valence-corrected chi connectivity index (χ3v) is 2.84. The molecule has 0 aliphatic carbocycles. The van der Waals surface area contributed by atoms with Crippen molar-refractivity contribution in [3.63, 3.8) is 0 Å². The highest BCUT2D eigenvalue weighted by atomic mass is 16.5. The molecular formula is C12H16N2O5. The molecule has 2 amide bonds. The molecule has 7 heteroatoms. The van der Waals surface area contributed by atoms with Crippen molar-refractivity contribution < 1.29 is 23.8 Å². The Morgan fingerprint density at radius 3 is 3.05 bits per heavy atom. The summed E-state index contributed by atoms with van der Waals surface area (Å²) in [5.41, 5.74) is 0. The van der Waals surface area contributed by atoms with Crippen LogP contribution in [0.2, 0.25) is 0 Å². The molecule has 1 aromatic rings. The second-order valence-electron chi connectivity index (χ2n) is 4.18. The first-order chi connectivity index (χ1) is 9.20. The molecule has 2 rings (SSSR count). The fourth-order valence-corrected chi connectivity index (χ4v) is 1.82. The highest BCUT2D eigenvalue weighted by Gasteiger charge is 2.23. The largest absolute Gasteiger partial charge is 0.459 e. The molecule has 2 heterocycles. The van der Waals surface area contributed by atoms with E-state index in [0.29, 0.717) is 19.7 Å². The fourth-order valence-electron chi connectivity index (χ4n) is 1.82. The Balaban J connectivity index is 1.79. The molecule has 104 valence electrons. The van der Waals surface area contributed by atoms with Crippen molar-refractivity contribution in [1.82, 2.24) is 10.2 Å². The third kappa shape index (κ3) is 3.55. The zero-order valence-electron chi connectivity index (χ0n) is 10.4. The predicted molar refractivity (Wildman–Crippen MR) is 64.4 cm³/mol. The van der Waals surface area contributed by atoms with Crippen molar-refractivity contribution in [3.05, 3.63) is 24.2 Å². The van der Waals surface area contributed by atoms with Crippen LogP contribution in [-0.4, -0.2) is 60.8 Å². The van der Waals surface area contributed by atoms with E-state index in [1.807, 2.05) is 0 Å². The lowest BCUT2D eigenvalue weighted by Crippen LogP contribution is -2.49. The molecule has 0 bridgehead atoms. The maximum absolute atomic E-state index is 11.9. The maximum Gasteiger partial charge on any atom is 0.287 e. The Kier molecular flexibility index (Phi) is 4.53. The van der Waals surface area contributed by atoms with E-state index in [2.05, 4.69) is 5.32 Å². The molecule has 19 heavy (non-hydrogen) atoms. The number of amides is 2. The minimum atomic E-state index is -0.426. The average molecular weight is 268 g/mol. The van der Waals surface area contributed by atoms with Gasteiger partial charge in [0.1, 0.15) is 0 Å². The summed E-state index contributed by atoms with van der Waals surface area (Å²) in [6.07, 6.45) is 1.04. The van der Waals surface area contributed by atoms with Gasteiger partial charge in [-0.15, -0.1) is 0 Å². The van der Waals surface area contributed by atoms with E-state index in [4.69, 9.17) is 14.3 Å². The van der Waals surface area contributed by atoms with Crippen molar-refractivity contribution in [3.8, 4) is 0 Å². The summed E-state index contributed by atoms with van der Waals surface area (Å²) < 4.78 is 10.2. The van der Waals surface area contributed by atoms with Crippen molar-refractivity contribution in [1.29, 1.82) is 0 Å². The molecule has 0 saturated carbocycles. The van der Waals surface area contributed by atoms with Gasteiger partial charge in [-0.1, -0.05) is 0 Å². The van der Waals surface area contributed by atoms with Gasteiger partial charge in [-0.2, -0.15) is 0 Å². The zero-order valence-corrected chi connectivity index (χ0v) is 10.4. The van der Waals surface area contributed by atoms with Gasteiger partial charge in [0.25, 0.3) is 5.91 Å². The first-order valence-corrected chi connectivity index (χ1v) is 6.02. The molecule has 1 atom stereocenters. The van der Waals surface area contributed by atoms with Gasteiger partial charge in [-0.3, -0.25) is 9.59 Å². The smallest absolute Gasteiger partial charge is 0.287 e. The summed E-state index contributed by atoms with van der Waals surface area (Å²) in [7, 11) is 0. The van der Waals surface area contributed by atoms with Crippen LogP contribution in [-0.2, 0) is 9.53 Å². The second kappa shape index (κ2) is 6.35. The van der Waals surface area contributed by atoms with Crippen LogP contribution in [0.4, 0.5) is 0 Å². The lowest BCUT2D eigenvalue weighted by Gasteiger charge is -2.32. The summed E-state index contributed by atoms with van der Waals surface area (Å²) in [5, 5.41) is 11.5. The number of morpholine rings is 1. The van der Waals surface area contributed by atoms with Crippen LogP contribution in [0.1, 0.15) is 10.6 Å². The van der Waals surface area contributed by atoms with Crippen LogP contribution in [0.25, 0.3) is 0 Å². The molecule has 2 N–H and O–H groups in total. The first-order valence-electron chi connectivity index (χ1n) is 6.02. The van der Waals surface area contributed by atoms with E-state index in [9.17, 15) is 9.59 Å². The lowest BCUT2D eigenvalue weighted by atomic mass is 10.3. The Labute approximate surface area is 110 Å². The van der Waals surface area contributed by atoms with Crippen LogP contribution in [0.5, 0.6) is 0 Å². The van der Waals surface area contributed by atoms with Crippen molar-refractivity contribution in [2.45, 2.75) is 6.10 Å². The van der Waals surface area contributed by atoms with Gasteiger partial charge in [-0.05, 0) is 12.1 Å². The zero-order chi connectivity index (χ0) is 13.7. The quantitative estimate of drug-likeness (QED) is 0.748. The van der Waals surface area contributed by atoms with E-state index in [1.165, 1.54) is 12.3 Å². The van der Waals surface area contributed by atoms with Crippen molar-refractivity contribution in [2.75, 3.05) is 32.8 Å². The first kappa shape index (κ1) is 13.6. The number of nitrogens with zero attached hydrogens (tertiary/aromatic N) is 1. The molecule has 1 saturated heterocycles. The van der Waals surface area contributed by atoms with Gasteiger partial charge in [0.05, 0.1) is 32.1 Å². The lowest BCUT2D eigenvalue weighted by molar-refractivity contribution is -0.139. The van der Waals surface area contributed by atoms with Gasteiger partial charge in [0.2, 0.25) is 5.91 Å².